The molecule has 0 saturated heterocycles. The molecule has 0 unspecified atom stereocenters. The van der Waals surface area contributed by atoms with Crippen molar-refractivity contribution in [2.24, 2.45) is 5.92 Å². The van der Waals surface area contributed by atoms with Crippen LogP contribution in [-0.2, 0) is 0 Å². The van der Waals surface area contributed by atoms with Gasteiger partial charge in [0.15, 0.2) is 0 Å². The zero-order chi connectivity index (χ0) is 9.26. The Bertz CT molecular complexity index is 249. The van der Waals surface area contributed by atoms with Crippen LogP contribution in [0, 0.1) is 5.92 Å². The lowest BCUT2D eigenvalue weighted by atomic mass is 9.81. The average molecular weight is 195 g/mol. The molecular weight excluding hydrogens is 178 g/mol. The highest BCUT2D eigenvalue weighted by atomic mass is 32.1. The van der Waals surface area contributed by atoms with Crippen molar-refractivity contribution in [1.82, 2.24) is 5.32 Å². The Morgan fingerprint density at radius 2 is 2.31 bits per heavy atom. The van der Waals surface area contributed by atoms with Gasteiger partial charge in [0.25, 0.3) is 0 Å². The van der Waals surface area contributed by atoms with Gasteiger partial charge in [0, 0.05) is 17.0 Å². The third kappa shape index (κ3) is 2.12. The van der Waals surface area contributed by atoms with E-state index in [1.807, 2.05) is 11.3 Å². The van der Waals surface area contributed by atoms with Crippen LogP contribution in [-0.4, -0.2) is 6.04 Å². The molecule has 1 aliphatic carbocycles. The molecule has 0 spiro atoms. The summed E-state index contributed by atoms with van der Waals surface area (Å²) in [7, 11) is 0. The van der Waals surface area contributed by atoms with Gasteiger partial charge >= 0.3 is 0 Å². The maximum Gasteiger partial charge on any atom is 0.0388 e. The largest absolute Gasteiger partial charge is 0.307 e. The highest BCUT2D eigenvalue weighted by Gasteiger charge is 2.26. The maximum atomic E-state index is 3.66. The number of hydrogen-bond donors (Lipinski definition) is 1. The Labute approximate surface area is 84.2 Å². The second kappa shape index (κ2) is 3.81. The lowest BCUT2D eigenvalue weighted by molar-refractivity contribution is 0.227. The Morgan fingerprint density at radius 1 is 1.54 bits per heavy atom. The molecule has 0 bridgehead atoms. The predicted molar refractivity (Wildman–Crippen MR) is 58.1 cm³/mol. The van der Waals surface area contributed by atoms with Gasteiger partial charge in [-0.05, 0) is 37.1 Å². The number of hydrogen-bond acceptors (Lipinski definition) is 2. The van der Waals surface area contributed by atoms with Gasteiger partial charge in [-0.25, -0.2) is 0 Å². The van der Waals surface area contributed by atoms with Crippen LogP contribution in [0.15, 0.2) is 17.5 Å². The van der Waals surface area contributed by atoms with Gasteiger partial charge in [-0.1, -0.05) is 13.0 Å². The van der Waals surface area contributed by atoms with E-state index in [0.717, 1.165) is 12.0 Å². The molecule has 0 radical (unpaired) electrons. The van der Waals surface area contributed by atoms with E-state index >= 15 is 0 Å². The zero-order valence-electron chi connectivity index (χ0n) is 8.29. The van der Waals surface area contributed by atoms with Gasteiger partial charge in [0.1, 0.15) is 0 Å². The Morgan fingerprint density at radius 3 is 2.85 bits per heavy atom. The summed E-state index contributed by atoms with van der Waals surface area (Å²) in [5.74, 6) is 0.938. The van der Waals surface area contributed by atoms with Crippen molar-refractivity contribution in [2.45, 2.75) is 38.8 Å². The zero-order valence-corrected chi connectivity index (χ0v) is 9.10. The van der Waals surface area contributed by atoms with Crippen LogP contribution >= 0.6 is 11.3 Å². The molecule has 0 aromatic carbocycles. The molecule has 0 aliphatic heterocycles. The van der Waals surface area contributed by atoms with Gasteiger partial charge < -0.3 is 5.32 Å². The van der Waals surface area contributed by atoms with Gasteiger partial charge in [-0.15, -0.1) is 11.3 Å². The lowest BCUT2D eigenvalue weighted by Crippen LogP contribution is -2.41. The standard InChI is InChI=1S/C11H17NS/c1-8-6-10(7-8)12-9(2)11-4-3-5-13-11/h3-5,8-10,12H,6-7H2,1-2H3/t8?,9-,10?/m0/s1. The first-order chi connectivity index (χ1) is 6.25. The topological polar surface area (TPSA) is 12.0 Å². The summed E-state index contributed by atoms with van der Waals surface area (Å²) in [4.78, 5) is 1.46. The smallest absolute Gasteiger partial charge is 0.0388 e. The molecule has 1 aromatic heterocycles. The molecule has 1 atom stereocenters. The Hall–Kier alpha value is -0.340. The summed E-state index contributed by atoms with van der Waals surface area (Å²) in [5.41, 5.74) is 0. The number of rotatable bonds is 3. The normalized spacial score (nSPS) is 29.7. The van der Waals surface area contributed by atoms with E-state index in [0.29, 0.717) is 6.04 Å². The molecule has 1 heterocycles. The molecule has 1 aliphatic rings. The van der Waals surface area contributed by atoms with Crippen molar-refractivity contribution in [3.8, 4) is 0 Å². The molecule has 72 valence electrons. The van der Waals surface area contributed by atoms with Crippen LogP contribution in [0.5, 0.6) is 0 Å². The summed E-state index contributed by atoms with van der Waals surface area (Å²) in [6, 6.07) is 5.65. The second-order valence-electron chi connectivity index (χ2n) is 4.18. The molecule has 1 fully saturated rings. The van der Waals surface area contributed by atoms with Crippen LogP contribution in [0.25, 0.3) is 0 Å². The van der Waals surface area contributed by atoms with Crippen molar-refractivity contribution in [2.75, 3.05) is 0 Å². The van der Waals surface area contributed by atoms with Crippen LogP contribution in [0.2, 0.25) is 0 Å². The van der Waals surface area contributed by atoms with E-state index in [2.05, 4.69) is 36.7 Å². The summed E-state index contributed by atoms with van der Waals surface area (Å²) in [5, 5.41) is 5.81. The van der Waals surface area contributed by atoms with Crippen LogP contribution in [0.3, 0.4) is 0 Å². The van der Waals surface area contributed by atoms with Crippen molar-refractivity contribution in [3.63, 3.8) is 0 Å². The van der Waals surface area contributed by atoms with E-state index in [1.165, 1.54) is 17.7 Å². The van der Waals surface area contributed by atoms with Crippen LogP contribution < -0.4 is 5.32 Å². The third-order valence-corrected chi connectivity index (χ3v) is 3.88. The van der Waals surface area contributed by atoms with E-state index in [4.69, 9.17) is 0 Å². The summed E-state index contributed by atoms with van der Waals surface area (Å²) < 4.78 is 0. The first-order valence-electron chi connectivity index (χ1n) is 5.05. The first-order valence-corrected chi connectivity index (χ1v) is 5.93. The quantitative estimate of drug-likeness (QED) is 0.781. The van der Waals surface area contributed by atoms with Gasteiger partial charge in [0.2, 0.25) is 0 Å². The molecule has 2 rings (SSSR count). The summed E-state index contributed by atoms with van der Waals surface area (Å²) in [6.07, 6.45) is 2.71. The molecule has 1 saturated carbocycles. The van der Waals surface area contributed by atoms with E-state index in [9.17, 15) is 0 Å². The SMILES string of the molecule is CC1CC(N[C@@H](C)c2cccs2)C1. The number of nitrogens with one attached hydrogen (secondary N) is 1. The van der Waals surface area contributed by atoms with Crippen LogP contribution in [0.4, 0.5) is 0 Å². The first kappa shape index (κ1) is 9.22. The lowest BCUT2D eigenvalue weighted by Gasteiger charge is -2.35. The van der Waals surface area contributed by atoms with E-state index < -0.39 is 0 Å². The minimum absolute atomic E-state index is 0.539. The fourth-order valence-electron chi connectivity index (χ4n) is 2.01. The predicted octanol–water partition coefficient (Wildman–Crippen LogP) is 3.20. The summed E-state index contributed by atoms with van der Waals surface area (Å²) >= 11 is 1.85. The van der Waals surface area contributed by atoms with Gasteiger partial charge in [-0.3, -0.25) is 0 Å². The molecule has 0 amide bonds. The highest BCUT2D eigenvalue weighted by molar-refractivity contribution is 7.10. The third-order valence-electron chi connectivity index (χ3n) is 2.83. The van der Waals surface area contributed by atoms with Crippen molar-refractivity contribution in [1.29, 1.82) is 0 Å². The van der Waals surface area contributed by atoms with E-state index in [1.54, 1.807) is 0 Å². The highest BCUT2D eigenvalue weighted by Crippen LogP contribution is 2.29. The molecular formula is C11H17NS. The Balaban J connectivity index is 1.82. The fourth-order valence-corrected chi connectivity index (χ4v) is 2.76. The van der Waals surface area contributed by atoms with Crippen molar-refractivity contribution < 1.29 is 0 Å². The fraction of sp³-hybridized carbons (Fsp3) is 0.636. The minimum Gasteiger partial charge on any atom is -0.307 e. The maximum absolute atomic E-state index is 3.66. The average Bonchev–Trinajstić information content (AvgIpc) is 2.53. The molecule has 2 heteroatoms. The molecule has 13 heavy (non-hydrogen) atoms. The van der Waals surface area contributed by atoms with Crippen molar-refractivity contribution in [3.05, 3.63) is 22.4 Å². The summed E-state index contributed by atoms with van der Waals surface area (Å²) in [6.45, 7) is 4.59. The second-order valence-corrected chi connectivity index (χ2v) is 5.16. The molecule has 1 aromatic rings. The monoisotopic (exact) mass is 195 g/mol. The Kier molecular flexibility index (Phi) is 2.70. The molecule has 1 N–H and O–H groups in total. The van der Waals surface area contributed by atoms with Crippen molar-refractivity contribution >= 4 is 11.3 Å². The van der Waals surface area contributed by atoms with E-state index in [-0.39, 0.29) is 0 Å². The minimum atomic E-state index is 0.539. The van der Waals surface area contributed by atoms with Crippen LogP contribution in [0.1, 0.15) is 37.6 Å². The molecule has 1 nitrogen and oxygen atoms in total. The van der Waals surface area contributed by atoms with Gasteiger partial charge in [-0.2, -0.15) is 0 Å². The number of thiophene rings is 1. The van der Waals surface area contributed by atoms with Gasteiger partial charge in [0.05, 0.1) is 0 Å².